The standard InChI is InChI=1S/C22H16N2O4/c1-27-18-8-7-15-19(22(18)28-2)21(26)13-10-16-12(9-17(13)24-15)20(25)11-5-3-4-6-14(11)23-16/h3-10H,1-2H3,(H,23,25)(H,24,26). The first-order valence-electron chi connectivity index (χ1n) is 8.78. The van der Waals surface area contributed by atoms with E-state index in [0.29, 0.717) is 49.6 Å². The first-order valence-corrected chi connectivity index (χ1v) is 8.78. The molecule has 0 aliphatic carbocycles. The summed E-state index contributed by atoms with van der Waals surface area (Å²) < 4.78 is 10.8. The topological polar surface area (TPSA) is 84.2 Å². The minimum Gasteiger partial charge on any atom is -0.493 e. The number of H-pyrrole nitrogens is 2. The van der Waals surface area contributed by atoms with E-state index >= 15 is 0 Å². The Balaban J connectivity index is 1.98. The number of aromatic amines is 2. The van der Waals surface area contributed by atoms with E-state index in [-0.39, 0.29) is 10.9 Å². The van der Waals surface area contributed by atoms with Gasteiger partial charge in [-0.3, -0.25) is 9.59 Å². The van der Waals surface area contributed by atoms with E-state index in [0.717, 1.165) is 5.52 Å². The Morgan fingerprint density at radius 1 is 0.679 bits per heavy atom. The normalized spacial score (nSPS) is 11.5. The molecule has 28 heavy (non-hydrogen) atoms. The van der Waals surface area contributed by atoms with Crippen molar-refractivity contribution in [3.63, 3.8) is 0 Å². The average Bonchev–Trinajstić information content (AvgIpc) is 2.72. The predicted octanol–water partition coefficient (Wildman–Crippen LogP) is 3.69. The van der Waals surface area contributed by atoms with Gasteiger partial charge in [-0.2, -0.15) is 0 Å². The maximum Gasteiger partial charge on any atom is 0.201 e. The number of hydrogen-bond donors (Lipinski definition) is 2. The average molecular weight is 372 g/mol. The molecule has 138 valence electrons. The summed E-state index contributed by atoms with van der Waals surface area (Å²) in [5.41, 5.74) is 2.30. The molecule has 3 aromatic carbocycles. The third kappa shape index (κ3) is 2.15. The molecule has 5 rings (SSSR count). The fourth-order valence-corrected chi connectivity index (χ4v) is 3.80. The van der Waals surface area contributed by atoms with Crippen LogP contribution < -0.4 is 20.3 Å². The highest BCUT2D eigenvalue weighted by molar-refractivity contribution is 6.04. The molecule has 2 heterocycles. The van der Waals surface area contributed by atoms with Gasteiger partial charge in [0.25, 0.3) is 0 Å². The van der Waals surface area contributed by atoms with Gasteiger partial charge < -0.3 is 19.4 Å². The van der Waals surface area contributed by atoms with Gasteiger partial charge in [-0.1, -0.05) is 12.1 Å². The second-order valence-corrected chi connectivity index (χ2v) is 6.62. The lowest BCUT2D eigenvalue weighted by Gasteiger charge is -2.12. The Hall–Kier alpha value is -3.80. The van der Waals surface area contributed by atoms with Gasteiger partial charge in [0.1, 0.15) is 0 Å². The van der Waals surface area contributed by atoms with E-state index in [1.54, 1.807) is 30.3 Å². The van der Waals surface area contributed by atoms with E-state index in [2.05, 4.69) is 9.97 Å². The number of para-hydroxylation sites is 1. The number of aromatic nitrogens is 2. The number of pyridine rings is 2. The van der Waals surface area contributed by atoms with Crippen molar-refractivity contribution in [3.8, 4) is 11.5 Å². The van der Waals surface area contributed by atoms with Gasteiger partial charge in [-0.25, -0.2) is 0 Å². The largest absolute Gasteiger partial charge is 0.493 e. The van der Waals surface area contributed by atoms with E-state index in [4.69, 9.17) is 9.47 Å². The molecule has 2 aromatic heterocycles. The lowest BCUT2D eigenvalue weighted by Crippen LogP contribution is -2.09. The molecule has 0 spiro atoms. The number of benzene rings is 3. The fourth-order valence-electron chi connectivity index (χ4n) is 3.80. The van der Waals surface area contributed by atoms with Crippen molar-refractivity contribution in [2.75, 3.05) is 14.2 Å². The summed E-state index contributed by atoms with van der Waals surface area (Å²) in [7, 11) is 3.03. The van der Waals surface area contributed by atoms with Gasteiger partial charge in [-0.05, 0) is 36.4 Å². The summed E-state index contributed by atoms with van der Waals surface area (Å²) in [6.07, 6.45) is 0. The maximum absolute atomic E-state index is 13.3. The molecule has 5 aromatic rings. The quantitative estimate of drug-likeness (QED) is 0.463. The summed E-state index contributed by atoms with van der Waals surface area (Å²) in [6.45, 7) is 0. The van der Waals surface area contributed by atoms with Crippen LogP contribution in [0, 0.1) is 0 Å². The van der Waals surface area contributed by atoms with Crippen LogP contribution in [0.1, 0.15) is 0 Å². The Morgan fingerprint density at radius 2 is 1.36 bits per heavy atom. The van der Waals surface area contributed by atoms with Crippen molar-refractivity contribution in [1.29, 1.82) is 0 Å². The van der Waals surface area contributed by atoms with Crippen LogP contribution in [0.3, 0.4) is 0 Å². The number of fused-ring (bicyclic) bond motifs is 4. The molecule has 6 heteroatoms. The van der Waals surface area contributed by atoms with Gasteiger partial charge in [0.2, 0.25) is 5.43 Å². The van der Waals surface area contributed by atoms with Gasteiger partial charge in [0.05, 0.1) is 36.2 Å². The summed E-state index contributed by atoms with van der Waals surface area (Å²) >= 11 is 0. The lowest BCUT2D eigenvalue weighted by molar-refractivity contribution is 0.358. The number of rotatable bonds is 2. The minimum atomic E-state index is -0.185. The summed E-state index contributed by atoms with van der Waals surface area (Å²) in [4.78, 5) is 32.7. The second-order valence-electron chi connectivity index (χ2n) is 6.62. The Bertz CT molecular complexity index is 1530. The SMILES string of the molecule is COc1ccc2[nH]c3cc4c(=O)c5ccccc5[nH]c4cc3c(=O)c2c1OC. The number of nitrogens with one attached hydrogen (secondary N) is 2. The molecule has 2 N–H and O–H groups in total. The van der Waals surface area contributed by atoms with Crippen molar-refractivity contribution < 1.29 is 9.47 Å². The zero-order chi connectivity index (χ0) is 19.4. The minimum absolute atomic E-state index is 0.0699. The molecule has 0 atom stereocenters. The molecule has 0 saturated carbocycles. The van der Waals surface area contributed by atoms with E-state index in [1.807, 2.05) is 18.2 Å². The van der Waals surface area contributed by atoms with Gasteiger partial charge in [-0.15, -0.1) is 0 Å². The van der Waals surface area contributed by atoms with Gasteiger partial charge in [0, 0.05) is 21.7 Å². The van der Waals surface area contributed by atoms with Crippen LogP contribution in [-0.2, 0) is 0 Å². The van der Waals surface area contributed by atoms with E-state index in [9.17, 15) is 9.59 Å². The van der Waals surface area contributed by atoms with Crippen LogP contribution in [0.15, 0.2) is 58.1 Å². The third-order valence-electron chi connectivity index (χ3n) is 5.13. The molecule has 0 fully saturated rings. The van der Waals surface area contributed by atoms with Crippen molar-refractivity contribution >= 4 is 43.6 Å². The van der Waals surface area contributed by atoms with E-state index < -0.39 is 0 Å². The van der Waals surface area contributed by atoms with Crippen molar-refractivity contribution in [3.05, 3.63) is 69.0 Å². The molecule has 0 aliphatic rings. The van der Waals surface area contributed by atoms with Crippen LogP contribution >= 0.6 is 0 Å². The fraction of sp³-hybridized carbons (Fsp3) is 0.0909. The zero-order valence-electron chi connectivity index (χ0n) is 15.3. The molecule has 0 amide bonds. The van der Waals surface area contributed by atoms with Gasteiger partial charge in [0.15, 0.2) is 16.9 Å². The lowest BCUT2D eigenvalue weighted by atomic mass is 10.0. The molecule has 0 bridgehead atoms. The highest BCUT2D eigenvalue weighted by Gasteiger charge is 2.16. The molecule has 0 saturated heterocycles. The first-order chi connectivity index (χ1) is 13.6. The van der Waals surface area contributed by atoms with Crippen molar-refractivity contribution in [2.24, 2.45) is 0 Å². The smallest absolute Gasteiger partial charge is 0.201 e. The van der Waals surface area contributed by atoms with Crippen molar-refractivity contribution in [2.45, 2.75) is 0 Å². The second kappa shape index (κ2) is 5.85. The molecule has 0 radical (unpaired) electrons. The van der Waals surface area contributed by atoms with Crippen molar-refractivity contribution in [1.82, 2.24) is 9.97 Å². The van der Waals surface area contributed by atoms with Crippen LogP contribution in [-0.4, -0.2) is 24.2 Å². The monoisotopic (exact) mass is 372 g/mol. The summed E-state index contributed by atoms with van der Waals surface area (Å²) in [6, 6.07) is 14.3. The van der Waals surface area contributed by atoms with Crippen LogP contribution in [0.25, 0.3) is 43.6 Å². The van der Waals surface area contributed by atoms with E-state index in [1.165, 1.54) is 14.2 Å². The highest BCUT2D eigenvalue weighted by Crippen LogP contribution is 2.34. The van der Waals surface area contributed by atoms with Crippen LogP contribution in [0.5, 0.6) is 11.5 Å². The predicted molar refractivity (Wildman–Crippen MR) is 111 cm³/mol. The first kappa shape index (κ1) is 16.4. The molecule has 6 nitrogen and oxygen atoms in total. The third-order valence-corrected chi connectivity index (χ3v) is 5.13. The molecule has 0 unspecified atom stereocenters. The van der Waals surface area contributed by atoms with Gasteiger partial charge >= 0.3 is 0 Å². The Morgan fingerprint density at radius 3 is 2.07 bits per heavy atom. The maximum atomic E-state index is 13.3. The number of methoxy groups -OCH3 is 2. The van der Waals surface area contributed by atoms with Crippen LogP contribution in [0.2, 0.25) is 0 Å². The number of hydrogen-bond acceptors (Lipinski definition) is 4. The molecular formula is C22H16N2O4. The molecule has 0 aliphatic heterocycles. The van der Waals surface area contributed by atoms with Crippen LogP contribution in [0.4, 0.5) is 0 Å². The summed E-state index contributed by atoms with van der Waals surface area (Å²) in [5.74, 6) is 0.871. The Labute approximate surface area is 158 Å². The number of ether oxygens (including phenoxy) is 2. The Kier molecular flexibility index (Phi) is 3.42. The summed E-state index contributed by atoms with van der Waals surface area (Å²) in [5, 5.41) is 2.03. The molecular weight excluding hydrogens is 356 g/mol. The zero-order valence-corrected chi connectivity index (χ0v) is 15.3. The highest BCUT2D eigenvalue weighted by atomic mass is 16.5.